The predicted molar refractivity (Wildman–Crippen MR) is 72.0 cm³/mol. The highest BCUT2D eigenvalue weighted by Gasteiger charge is 2.27. The van der Waals surface area contributed by atoms with E-state index in [-0.39, 0.29) is 3.23 Å². The summed E-state index contributed by atoms with van der Waals surface area (Å²) in [4.78, 5) is 4.53. The van der Waals surface area contributed by atoms with Crippen molar-refractivity contribution in [1.29, 1.82) is 0 Å². The van der Waals surface area contributed by atoms with Crippen LogP contribution >= 0.6 is 31.9 Å². The topological polar surface area (TPSA) is 21.6 Å². The van der Waals surface area contributed by atoms with Crippen LogP contribution in [0.1, 0.15) is 0 Å². The summed E-state index contributed by atoms with van der Waals surface area (Å²) >= 11 is 7.03. The summed E-state index contributed by atoms with van der Waals surface area (Å²) in [5.41, 5.74) is 1.73. The molecule has 0 atom stereocenters. The number of hydrogen-bond acceptors (Lipinski definition) is 2. The van der Waals surface area contributed by atoms with Gasteiger partial charge in [-0.25, -0.2) is 4.99 Å². The van der Waals surface area contributed by atoms with Gasteiger partial charge in [0.1, 0.15) is 14.6 Å². The second-order valence-corrected chi connectivity index (χ2v) is 7.27. The maximum atomic E-state index is 5.79. The molecule has 1 aliphatic carbocycles. The number of para-hydroxylation sites is 2. The molecule has 0 aromatic heterocycles. The number of halogens is 2. The molecule has 16 heavy (non-hydrogen) atoms. The number of fused-ring (bicyclic) bond motifs is 2. The standard InChI is InChI=1S/C12H7Br2NO/c13-12(14)6-5-9-11(7-12)16-10-4-2-1-3-8(10)15-9/h1-7H. The van der Waals surface area contributed by atoms with Gasteiger partial charge in [0.25, 0.3) is 0 Å². The van der Waals surface area contributed by atoms with Crippen molar-refractivity contribution in [1.82, 2.24) is 0 Å². The fraction of sp³-hybridized carbons (Fsp3) is 0.0833. The molecule has 0 radical (unpaired) electrons. The normalized spacial score (nSPS) is 20.1. The maximum absolute atomic E-state index is 5.79. The molecular weight excluding hydrogens is 334 g/mol. The molecule has 1 heterocycles. The van der Waals surface area contributed by atoms with Crippen LogP contribution in [0.5, 0.6) is 5.75 Å². The van der Waals surface area contributed by atoms with E-state index in [1.165, 1.54) is 0 Å². The van der Waals surface area contributed by atoms with Crippen molar-refractivity contribution in [3.63, 3.8) is 0 Å². The summed E-state index contributed by atoms with van der Waals surface area (Å²) in [5, 5.41) is 0. The Morgan fingerprint density at radius 3 is 2.88 bits per heavy atom. The molecule has 0 amide bonds. The average Bonchev–Trinajstić information content (AvgIpc) is 2.25. The Balaban J connectivity index is 2.12. The minimum atomic E-state index is -0.333. The molecule has 0 unspecified atom stereocenters. The van der Waals surface area contributed by atoms with Gasteiger partial charge >= 0.3 is 0 Å². The van der Waals surface area contributed by atoms with E-state index in [1.54, 1.807) is 0 Å². The number of alkyl halides is 2. The smallest absolute Gasteiger partial charge is 0.153 e. The second-order valence-electron chi connectivity index (χ2n) is 3.58. The molecule has 0 bridgehead atoms. The Labute approximate surface area is 110 Å². The Kier molecular flexibility index (Phi) is 2.30. The molecule has 80 valence electrons. The minimum Gasteiger partial charge on any atom is -0.453 e. The molecule has 0 saturated carbocycles. The number of benzene rings is 1. The number of rotatable bonds is 0. The monoisotopic (exact) mass is 339 g/mol. The zero-order valence-electron chi connectivity index (χ0n) is 8.15. The van der Waals surface area contributed by atoms with Crippen molar-refractivity contribution < 1.29 is 4.74 Å². The summed E-state index contributed by atoms with van der Waals surface area (Å²) in [7, 11) is 0. The Morgan fingerprint density at radius 2 is 2.00 bits per heavy atom. The van der Waals surface area contributed by atoms with E-state index in [1.807, 2.05) is 42.5 Å². The molecular formula is C12H7Br2NO. The van der Waals surface area contributed by atoms with E-state index < -0.39 is 0 Å². The van der Waals surface area contributed by atoms with E-state index in [0.717, 1.165) is 22.9 Å². The van der Waals surface area contributed by atoms with E-state index in [2.05, 4.69) is 36.9 Å². The number of aliphatic imine (C=N–C) groups is 1. The highest BCUT2D eigenvalue weighted by molar-refractivity contribution is 9.25. The first-order chi connectivity index (χ1) is 7.64. The summed E-state index contributed by atoms with van der Waals surface area (Å²) in [6, 6.07) is 7.75. The van der Waals surface area contributed by atoms with Gasteiger partial charge in [-0.3, -0.25) is 0 Å². The largest absolute Gasteiger partial charge is 0.453 e. The van der Waals surface area contributed by atoms with Gasteiger partial charge in [-0.2, -0.15) is 0 Å². The SMILES string of the molecule is BrC1(Br)C=CC2=Nc3ccccc3OC2=C1. The highest BCUT2D eigenvalue weighted by Crippen LogP contribution is 2.39. The zero-order valence-corrected chi connectivity index (χ0v) is 11.3. The Morgan fingerprint density at radius 1 is 1.19 bits per heavy atom. The van der Waals surface area contributed by atoms with Gasteiger partial charge in [-0.1, -0.05) is 50.1 Å². The third-order valence-corrected chi connectivity index (χ3v) is 3.35. The second kappa shape index (κ2) is 3.57. The van der Waals surface area contributed by atoms with E-state index in [9.17, 15) is 0 Å². The van der Waals surface area contributed by atoms with Crippen LogP contribution in [0.2, 0.25) is 0 Å². The minimum absolute atomic E-state index is 0.333. The van der Waals surface area contributed by atoms with Crippen molar-refractivity contribution in [3.8, 4) is 5.75 Å². The lowest BCUT2D eigenvalue weighted by Crippen LogP contribution is -2.19. The predicted octanol–water partition coefficient (Wildman–Crippen LogP) is 4.09. The summed E-state index contributed by atoms with van der Waals surface area (Å²) in [5.74, 6) is 1.57. The molecule has 0 fully saturated rings. The van der Waals surface area contributed by atoms with Crippen LogP contribution in [0.4, 0.5) is 5.69 Å². The van der Waals surface area contributed by atoms with Crippen LogP contribution in [-0.2, 0) is 0 Å². The number of allylic oxidation sites excluding steroid dienone is 3. The zero-order chi connectivity index (χ0) is 11.2. The third kappa shape index (κ3) is 1.76. The van der Waals surface area contributed by atoms with Crippen molar-refractivity contribution in [2.24, 2.45) is 4.99 Å². The maximum Gasteiger partial charge on any atom is 0.153 e. The quantitative estimate of drug-likeness (QED) is 0.652. The van der Waals surface area contributed by atoms with Crippen molar-refractivity contribution in [2.45, 2.75) is 3.23 Å². The lowest BCUT2D eigenvalue weighted by atomic mass is 10.1. The van der Waals surface area contributed by atoms with Gasteiger partial charge in [0, 0.05) is 0 Å². The Hall–Kier alpha value is -0.870. The molecule has 0 N–H and O–H groups in total. The molecule has 1 aromatic rings. The van der Waals surface area contributed by atoms with Crippen LogP contribution in [0, 0.1) is 0 Å². The fourth-order valence-electron chi connectivity index (χ4n) is 1.63. The molecule has 4 heteroatoms. The van der Waals surface area contributed by atoms with E-state index in [0.29, 0.717) is 0 Å². The molecule has 3 rings (SSSR count). The molecule has 2 nitrogen and oxygen atoms in total. The molecule has 0 spiro atoms. The van der Waals surface area contributed by atoms with Crippen molar-refractivity contribution in [2.75, 3.05) is 0 Å². The fourth-order valence-corrected chi connectivity index (χ4v) is 2.31. The van der Waals surface area contributed by atoms with E-state index in [4.69, 9.17) is 4.74 Å². The third-order valence-electron chi connectivity index (χ3n) is 2.37. The van der Waals surface area contributed by atoms with Gasteiger partial charge in [-0.15, -0.1) is 0 Å². The lowest BCUT2D eigenvalue weighted by molar-refractivity contribution is 0.448. The first kappa shape index (κ1) is 10.3. The van der Waals surface area contributed by atoms with Gasteiger partial charge < -0.3 is 4.74 Å². The lowest BCUT2D eigenvalue weighted by Gasteiger charge is -2.23. The summed E-state index contributed by atoms with van der Waals surface area (Å²) in [6.45, 7) is 0. The number of ether oxygens (including phenoxy) is 1. The van der Waals surface area contributed by atoms with Gasteiger partial charge in [0.05, 0.1) is 0 Å². The Bertz CT molecular complexity index is 544. The van der Waals surface area contributed by atoms with E-state index >= 15 is 0 Å². The van der Waals surface area contributed by atoms with Gasteiger partial charge in [0.15, 0.2) is 11.5 Å². The van der Waals surface area contributed by atoms with Crippen molar-refractivity contribution >= 4 is 43.3 Å². The van der Waals surface area contributed by atoms with Crippen LogP contribution in [-0.4, -0.2) is 8.95 Å². The van der Waals surface area contributed by atoms with Crippen LogP contribution in [0.25, 0.3) is 0 Å². The summed E-state index contributed by atoms with van der Waals surface area (Å²) in [6.07, 6.45) is 5.86. The molecule has 0 saturated heterocycles. The van der Waals surface area contributed by atoms with Gasteiger partial charge in [-0.05, 0) is 24.3 Å². The van der Waals surface area contributed by atoms with Crippen LogP contribution < -0.4 is 4.74 Å². The number of hydrogen-bond donors (Lipinski definition) is 0. The molecule has 1 aliphatic heterocycles. The number of nitrogens with zero attached hydrogens (tertiary/aromatic N) is 1. The van der Waals surface area contributed by atoms with Gasteiger partial charge in [0.2, 0.25) is 0 Å². The first-order valence-corrected chi connectivity index (χ1v) is 6.38. The molecule has 1 aromatic carbocycles. The van der Waals surface area contributed by atoms with Crippen molar-refractivity contribution in [3.05, 3.63) is 48.3 Å². The highest BCUT2D eigenvalue weighted by atomic mass is 79.9. The van der Waals surface area contributed by atoms with Crippen LogP contribution in [0.3, 0.4) is 0 Å². The first-order valence-electron chi connectivity index (χ1n) is 4.80. The molecule has 2 aliphatic rings. The average molecular weight is 341 g/mol. The summed E-state index contributed by atoms with van der Waals surface area (Å²) < 4.78 is 5.46. The van der Waals surface area contributed by atoms with Crippen LogP contribution in [0.15, 0.2) is 53.2 Å².